The molecule has 3 saturated heterocycles. The van der Waals surface area contributed by atoms with Crippen LogP contribution in [0.4, 0.5) is 0 Å². The minimum atomic E-state index is -2.94. The fraction of sp³-hybridized carbons (Fsp3) is 0.750. The van der Waals surface area contributed by atoms with E-state index in [-0.39, 0.29) is 0 Å². The topological polar surface area (TPSA) is 53.8 Å². The van der Waals surface area contributed by atoms with Crippen LogP contribution in [0.15, 0.2) is 23.0 Å². The fourth-order valence-electron chi connectivity index (χ4n) is 4.47. The van der Waals surface area contributed by atoms with Gasteiger partial charge in [0.1, 0.15) is 4.75 Å². The molecule has 0 aliphatic carbocycles. The average molecular weight is 324 g/mol. The van der Waals surface area contributed by atoms with Crippen LogP contribution in [0.25, 0.3) is 0 Å². The van der Waals surface area contributed by atoms with Crippen molar-refractivity contribution in [3.63, 3.8) is 0 Å². The number of rotatable bonds is 4. The van der Waals surface area contributed by atoms with E-state index in [9.17, 15) is 8.42 Å². The Morgan fingerprint density at radius 2 is 2.00 bits per heavy atom. The van der Waals surface area contributed by atoms with Crippen LogP contribution in [0.5, 0.6) is 0 Å². The third kappa shape index (κ3) is 2.32. The molecule has 0 amide bonds. The smallest absolute Gasteiger partial charge is 0.158 e. The molecule has 22 heavy (non-hydrogen) atoms. The van der Waals surface area contributed by atoms with Gasteiger partial charge in [0.05, 0.1) is 18.3 Å². The van der Waals surface area contributed by atoms with Crippen LogP contribution in [-0.4, -0.2) is 61.4 Å². The summed E-state index contributed by atoms with van der Waals surface area (Å²) in [4.78, 5) is 4.71. The summed E-state index contributed by atoms with van der Waals surface area (Å²) >= 11 is 0. The summed E-state index contributed by atoms with van der Waals surface area (Å²) in [5.74, 6) is 0.696. The Balaban J connectivity index is 1.45. The van der Waals surface area contributed by atoms with Crippen LogP contribution in [0, 0.1) is 5.92 Å². The molecule has 3 fully saturated rings. The van der Waals surface area contributed by atoms with Crippen LogP contribution in [0.1, 0.15) is 24.8 Å². The molecule has 1 aromatic rings. The number of sulfone groups is 1. The van der Waals surface area contributed by atoms with E-state index in [1.165, 1.54) is 12.8 Å². The summed E-state index contributed by atoms with van der Waals surface area (Å²) in [7, 11) is -2.94. The standard InChI is InChI=1S/C16H24N2O3S/c19-22(20)8-4-15(10-17-5-1-2-6-17)16(22)12-18(13-16)9-14-3-7-21-11-14/h3,7,11,15H,1-2,4-6,8-10,12-13H2. The van der Waals surface area contributed by atoms with Gasteiger partial charge in [-0.25, -0.2) is 8.42 Å². The zero-order valence-corrected chi connectivity index (χ0v) is 13.7. The Morgan fingerprint density at radius 3 is 2.68 bits per heavy atom. The molecule has 0 aromatic carbocycles. The lowest BCUT2D eigenvalue weighted by Gasteiger charge is -2.50. The second-order valence-corrected chi connectivity index (χ2v) is 9.60. The molecule has 4 heterocycles. The molecule has 1 atom stereocenters. The normalized spacial score (nSPS) is 30.8. The van der Waals surface area contributed by atoms with Gasteiger partial charge in [-0.3, -0.25) is 4.90 Å². The molecule has 6 heteroatoms. The Labute approximate surface area is 132 Å². The van der Waals surface area contributed by atoms with Gasteiger partial charge < -0.3 is 9.32 Å². The Kier molecular flexibility index (Phi) is 3.58. The fourth-order valence-corrected chi connectivity index (χ4v) is 6.93. The lowest BCUT2D eigenvalue weighted by molar-refractivity contribution is 0.0653. The first kappa shape index (κ1) is 14.7. The SMILES string of the molecule is O=S1(=O)CCC(CN2CCCC2)C12CN(Cc1ccoc1)C2. The van der Waals surface area contributed by atoms with Crippen LogP contribution in [0.3, 0.4) is 0 Å². The summed E-state index contributed by atoms with van der Waals surface area (Å²) in [5, 5.41) is 0. The molecule has 3 aliphatic rings. The maximum absolute atomic E-state index is 12.6. The van der Waals surface area contributed by atoms with Crippen molar-refractivity contribution in [3.05, 3.63) is 24.2 Å². The van der Waals surface area contributed by atoms with E-state index < -0.39 is 14.6 Å². The molecular weight excluding hydrogens is 300 g/mol. The maximum Gasteiger partial charge on any atom is 0.158 e. The van der Waals surface area contributed by atoms with E-state index in [1.807, 2.05) is 6.07 Å². The molecular formula is C16H24N2O3S. The Morgan fingerprint density at radius 1 is 1.23 bits per heavy atom. The highest BCUT2D eigenvalue weighted by molar-refractivity contribution is 7.93. The quantitative estimate of drug-likeness (QED) is 0.837. The second-order valence-electron chi connectivity index (χ2n) is 7.15. The average Bonchev–Trinajstić information content (AvgIpc) is 3.14. The van der Waals surface area contributed by atoms with Crippen molar-refractivity contribution in [1.29, 1.82) is 0 Å². The maximum atomic E-state index is 12.6. The molecule has 1 unspecified atom stereocenters. The number of nitrogens with zero attached hydrogens (tertiary/aromatic N) is 2. The second kappa shape index (κ2) is 5.35. The largest absolute Gasteiger partial charge is 0.472 e. The first-order valence-corrected chi connectivity index (χ1v) is 9.92. The van der Waals surface area contributed by atoms with Gasteiger partial charge in [0.25, 0.3) is 0 Å². The van der Waals surface area contributed by atoms with Gasteiger partial charge in [0.15, 0.2) is 9.84 Å². The number of hydrogen-bond donors (Lipinski definition) is 0. The predicted octanol–water partition coefficient (Wildman–Crippen LogP) is 1.36. The first-order valence-electron chi connectivity index (χ1n) is 8.27. The lowest BCUT2D eigenvalue weighted by atomic mass is 9.82. The number of likely N-dealkylation sites (tertiary alicyclic amines) is 2. The zero-order chi connectivity index (χ0) is 15.2. The van der Waals surface area contributed by atoms with Crippen LogP contribution in [-0.2, 0) is 16.4 Å². The van der Waals surface area contributed by atoms with E-state index in [0.717, 1.165) is 38.2 Å². The summed E-state index contributed by atoms with van der Waals surface area (Å²) in [5.41, 5.74) is 1.13. The molecule has 0 bridgehead atoms. The van der Waals surface area contributed by atoms with E-state index >= 15 is 0 Å². The summed E-state index contributed by atoms with van der Waals surface area (Å²) in [6.07, 6.45) is 6.79. The van der Waals surface area contributed by atoms with Crippen LogP contribution >= 0.6 is 0 Å². The highest BCUT2D eigenvalue weighted by Gasteiger charge is 2.61. The Hall–Kier alpha value is -0.850. The summed E-state index contributed by atoms with van der Waals surface area (Å²) in [6.45, 7) is 5.44. The summed E-state index contributed by atoms with van der Waals surface area (Å²) < 4.78 is 29.9. The molecule has 0 N–H and O–H groups in total. The first-order chi connectivity index (χ1) is 10.6. The zero-order valence-electron chi connectivity index (χ0n) is 12.9. The van der Waals surface area contributed by atoms with Gasteiger partial charge in [0.2, 0.25) is 0 Å². The highest BCUT2D eigenvalue weighted by atomic mass is 32.2. The van der Waals surface area contributed by atoms with E-state index in [4.69, 9.17) is 4.42 Å². The van der Waals surface area contributed by atoms with Crippen molar-refractivity contribution >= 4 is 9.84 Å². The van der Waals surface area contributed by atoms with E-state index in [1.54, 1.807) is 12.5 Å². The molecule has 122 valence electrons. The molecule has 0 radical (unpaired) electrons. The highest BCUT2D eigenvalue weighted by Crippen LogP contribution is 2.45. The third-order valence-electron chi connectivity index (χ3n) is 5.74. The van der Waals surface area contributed by atoms with Crippen molar-refractivity contribution < 1.29 is 12.8 Å². The number of hydrogen-bond acceptors (Lipinski definition) is 5. The summed E-state index contributed by atoms with van der Waals surface area (Å²) in [6, 6.07) is 1.95. The minimum Gasteiger partial charge on any atom is -0.472 e. The van der Waals surface area contributed by atoms with Crippen molar-refractivity contribution in [2.75, 3.05) is 38.5 Å². The van der Waals surface area contributed by atoms with Crippen molar-refractivity contribution in [1.82, 2.24) is 9.80 Å². The van der Waals surface area contributed by atoms with Gasteiger partial charge in [0, 0.05) is 31.7 Å². The van der Waals surface area contributed by atoms with Crippen LogP contribution in [0.2, 0.25) is 0 Å². The van der Waals surface area contributed by atoms with Gasteiger partial charge in [-0.15, -0.1) is 0 Å². The minimum absolute atomic E-state index is 0.316. The van der Waals surface area contributed by atoms with Gasteiger partial charge in [-0.2, -0.15) is 0 Å². The van der Waals surface area contributed by atoms with Gasteiger partial charge in [-0.1, -0.05) is 0 Å². The van der Waals surface area contributed by atoms with Gasteiger partial charge in [-0.05, 0) is 44.3 Å². The Bertz CT molecular complexity index is 614. The van der Waals surface area contributed by atoms with Gasteiger partial charge >= 0.3 is 0 Å². The van der Waals surface area contributed by atoms with Crippen molar-refractivity contribution in [3.8, 4) is 0 Å². The van der Waals surface area contributed by atoms with Crippen molar-refractivity contribution in [2.24, 2.45) is 5.92 Å². The molecule has 3 aliphatic heterocycles. The molecule has 4 rings (SSSR count). The third-order valence-corrected chi connectivity index (χ3v) is 8.35. The monoisotopic (exact) mass is 324 g/mol. The molecule has 0 saturated carbocycles. The van der Waals surface area contributed by atoms with E-state index in [2.05, 4.69) is 9.80 Å². The van der Waals surface area contributed by atoms with Crippen LogP contribution < -0.4 is 0 Å². The van der Waals surface area contributed by atoms with E-state index in [0.29, 0.717) is 24.8 Å². The molecule has 1 aromatic heterocycles. The predicted molar refractivity (Wildman–Crippen MR) is 84.3 cm³/mol. The number of furan rings is 1. The molecule has 5 nitrogen and oxygen atoms in total. The van der Waals surface area contributed by atoms with Crippen molar-refractivity contribution in [2.45, 2.75) is 30.6 Å². The lowest BCUT2D eigenvalue weighted by Crippen LogP contribution is -2.67. The molecule has 1 spiro atoms.